The van der Waals surface area contributed by atoms with Crippen molar-refractivity contribution in [1.29, 1.82) is 0 Å². The average molecular weight is 285 g/mol. The van der Waals surface area contributed by atoms with Gasteiger partial charge in [0.05, 0.1) is 11.8 Å². The molecule has 2 atom stereocenters. The Morgan fingerprint density at radius 2 is 2.16 bits per heavy atom. The second kappa shape index (κ2) is 5.14. The molecular weight excluding hydrogens is 270 g/mol. The highest BCUT2D eigenvalue weighted by atomic mass is 32.1. The summed E-state index contributed by atoms with van der Waals surface area (Å²) in [6.45, 7) is 3.75. The number of carboxylic acids is 1. The summed E-state index contributed by atoms with van der Waals surface area (Å²) in [5, 5.41) is 21.5. The fourth-order valence-electron chi connectivity index (χ4n) is 1.96. The van der Waals surface area contributed by atoms with E-state index in [2.05, 4.69) is 10.3 Å². The van der Waals surface area contributed by atoms with Crippen molar-refractivity contribution in [2.24, 2.45) is 0 Å². The molecule has 0 bridgehead atoms. The number of nitrogens with one attached hydrogen (secondary N) is 1. The molecule has 2 rings (SSSR count). The summed E-state index contributed by atoms with van der Waals surface area (Å²) in [7, 11) is 0. The van der Waals surface area contributed by atoms with Gasteiger partial charge in [0.15, 0.2) is 5.13 Å². The molecule has 0 radical (unpaired) electrons. The number of aryl methyl sites for hydroxylation is 2. The Hall–Kier alpha value is -1.67. The number of hydrogen-bond donors (Lipinski definition) is 3. The summed E-state index contributed by atoms with van der Waals surface area (Å²) >= 11 is 1.33. The van der Waals surface area contributed by atoms with Gasteiger partial charge in [-0.1, -0.05) is 0 Å². The topological polar surface area (TPSA) is 103 Å². The number of carbonyl (C=O) groups excluding carboxylic acids is 1. The maximum Gasteiger partial charge on any atom is 0.326 e. The number of thiazole rings is 1. The van der Waals surface area contributed by atoms with Crippen LogP contribution in [0.15, 0.2) is 0 Å². The molecule has 2 amide bonds. The summed E-state index contributed by atoms with van der Waals surface area (Å²) in [4.78, 5) is 29.3. The van der Waals surface area contributed by atoms with E-state index in [1.54, 1.807) is 0 Å². The molecule has 19 heavy (non-hydrogen) atoms. The van der Waals surface area contributed by atoms with E-state index >= 15 is 0 Å². The van der Waals surface area contributed by atoms with Crippen LogP contribution in [0.4, 0.5) is 9.93 Å². The van der Waals surface area contributed by atoms with Crippen molar-refractivity contribution in [3.63, 3.8) is 0 Å². The van der Waals surface area contributed by atoms with Crippen molar-refractivity contribution in [2.45, 2.75) is 32.4 Å². The number of rotatable bonds is 2. The third-order valence-electron chi connectivity index (χ3n) is 3.07. The van der Waals surface area contributed by atoms with Crippen molar-refractivity contribution < 1.29 is 19.8 Å². The van der Waals surface area contributed by atoms with Gasteiger partial charge in [0, 0.05) is 17.8 Å². The van der Waals surface area contributed by atoms with E-state index in [1.165, 1.54) is 11.3 Å². The van der Waals surface area contributed by atoms with Crippen molar-refractivity contribution in [1.82, 2.24) is 9.88 Å². The minimum atomic E-state index is -1.11. The average Bonchev–Trinajstić information content (AvgIpc) is 2.83. The summed E-state index contributed by atoms with van der Waals surface area (Å²) in [6, 6.07) is -1.53. The quantitative estimate of drug-likeness (QED) is 0.746. The fraction of sp³-hybridized carbons (Fsp3) is 0.545. The van der Waals surface area contributed by atoms with Crippen LogP contribution < -0.4 is 5.32 Å². The van der Waals surface area contributed by atoms with Gasteiger partial charge in [-0.15, -0.1) is 11.3 Å². The van der Waals surface area contributed by atoms with E-state index in [0.29, 0.717) is 5.13 Å². The number of carboxylic acid groups (broad SMARTS) is 1. The molecule has 0 spiro atoms. The number of carbonyl (C=O) groups is 2. The number of aliphatic hydroxyl groups excluding tert-OH is 1. The molecule has 7 nitrogen and oxygen atoms in total. The molecule has 1 aromatic rings. The number of urea groups is 1. The highest BCUT2D eigenvalue weighted by Crippen LogP contribution is 2.23. The zero-order valence-electron chi connectivity index (χ0n) is 10.6. The van der Waals surface area contributed by atoms with Crippen LogP contribution in [0.2, 0.25) is 0 Å². The number of likely N-dealkylation sites (tertiary alicyclic amines) is 1. The van der Waals surface area contributed by atoms with E-state index in [0.717, 1.165) is 15.5 Å². The van der Waals surface area contributed by atoms with Gasteiger partial charge in [0.2, 0.25) is 0 Å². The number of nitrogens with zero attached hydrogens (tertiary/aromatic N) is 2. The van der Waals surface area contributed by atoms with E-state index < -0.39 is 24.1 Å². The van der Waals surface area contributed by atoms with Crippen molar-refractivity contribution in [3.05, 3.63) is 10.6 Å². The fourth-order valence-corrected chi connectivity index (χ4v) is 2.77. The zero-order valence-corrected chi connectivity index (χ0v) is 11.4. The number of aromatic nitrogens is 1. The molecule has 0 saturated carbocycles. The normalized spacial score (nSPS) is 22.6. The molecule has 2 heterocycles. The largest absolute Gasteiger partial charge is 0.480 e. The lowest BCUT2D eigenvalue weighted by Crippen LogP contribution is -2.43. The summed E-state index contributed by atoms with van der Waals surface area (Å²) < 4.78 is 0. The first-order chi connectivity index (χ1) is 8.88. The molecule has 1 fully saturated rings. The molecule has 1 unspecified atom stereocenters. The molecule has 3 N–H and O–H groups in total. The first-order valence-corrected chi connectivity index (χ1v) is 6.62. The van der Waals surface area contributed by atoms with Crippen molar-refractivity contribution in [3.8, 4) is 0 Å². The molecule has 1 aliphatic heterocycles. The highest BCUT2D eigenvalue weighted by molar-refractivity contribution is 7.15. The number of aliphatic carboxylic acids is 1. The van der Waals surface area contributed by atoms with Gasteiger partial charge in [-0.05, 0) is 13.8 Å². The van der Waals surface area contributed by atoms with Gasteiger partial charge in [-0.2, -0.15) is 0 Å². The minimum absolute atomic E-state index is 0.0200. The predicted octanol–water partition coefficient (Wildman–Crippen LogP) is 0.812. The summed E-state index contributed by atoms with van der Waals surface area (Å²) in [6.07, 6.45) is -0.745. The third-order valence-corrected chi connectivity index (χ3v) is 4.06. The Bertz CT molecular complexity index is 497. The number of anilines is 1. The Morgan fingerprint density at radius 1 is 1.47 bits per heavy atom. The van der Waals surface area contributed by atoms with Gasteiger partial charge < -0.3 is 15.1 Å². The molecular formula is C11H15N3O4S. The SMILES string of the molecule is Cc1nc(NC(=O)N2CC(O)C[C@H]2C(=O)O)sc1C. The van der Waals surface area contributed by atoms with Gasteiger partial charge in [0.25, 0.3) is 0 Å². The number of amides is 2. The van der Waals surface area contributed by atoms with Gasteiger partial charge >= 0.3 is 12.0 Å². The van der Waals surface area contributed by atoms with Crippen LogP contribution in [-0.2, 0) is 4.79 Å². The third kappa shape index (κ3) is 2.85. The molecule has 104 valence electrons. The van der Waals surface area contributed by atoms with Gasteiger partial charge in [-0.3, -0.25) is 5.32 Å². The molecule has 0 aromatic carbocycles. The lowest BCUT2D eigenvalue weighted by molar-refractivity contribution is -0.141. The number of aliphatic hydroxyl groups is 1. The zero-order chi connectivity index (χ0) is 14.2. The monoisotopic (exact) mass is 285 g/mol. The highest BCUT2D eigenvalue weighted by Gasteiger charge is 2.39. The Morgan fingerprint density at radius 3 is 2.68 bits per heavy atom. The van der Waals surface area contributed by atoms with E-state index in [4.69, 9.17) is 5.11 Å². The van der Waals surface area contributed by atoms with Crippen LogP contribution in [0.5, 0.6) is 0 Å². The van der Waals surface area contributed by atoms with Crippen LogP contribution in [0.25, 0.3) is 0 Å². The smallest absolute Gasteiger partial charge is 0.326 e. The molecule has 1 saturated heterocycles. The van der Waals surface area contributed by atoms with E-state index in [9.17, 15) is 14.7 Å². The summed E-state index contributed by atoms with van der Waals surface area (Å²) in [5.74, 6) is -1.11. The number of β-amino-alcohol motifs (C(OH)–C–C–N with tert-alkyl or cyclic N) is 1. The van der Waals surface area contributed by atoms with E-state index in [-0.39, 0.29) is 13.0 Å². The van der Waals surface area contributed by atoms with Gasteiger partial charge in [-0.25, -0.2) is 14.6 Å². The molecule has 0 aliphatic carbocycles. The van der Waals surface area contributed by atoms with E-state index in [1.807, 2.05) is 13.8 Å². The van der Waals surface area contributed by atoms with Crippen LogP contribution >= 0.6 is 11.3 Å². The van der Waals surface area contributed by atoms with Crippen LogP contribution in [0.3, 0.4) is 0 Å². The first-order valence-electron chi connectivity index (χ1n) is 5.81. The Labute approximate surface area is 113 Å². The summed E-state index contributed by atoms with van der Waals surface area (Å²) in [5.41, 5.74) is 0.830. The maximum absolute atomic E-state index is 12.0. The predicted molar refractivity (Wildman–Crippen MR) is 69.4 cm³/mol. The Balaban J connectivity index is 2.08. The van der Waals surface area contributed by atoms with Gasteiger partial charge in [0.1, 0.15) is 6.04 Å². The lowest BCUT2D eigenvalue weighted by Gasteiger charge is -2.20. The Kier molecular flexibility index (Phi) is 3.72. The van der Waals surface area contributed by atoms with Crippen LogP contribution in [0, 0.1) is 13.8 Å². The van der Waals surface area contributed by atoms with Crippen molar-refractivity contribution in [2.75, 3.05) is 11.9 Å². The van der Waals surface area contributed by atoms with Crippen molar-refractivity contribution >= 4 is 28.5 Å². The minimum Gasteiger partial charge on any atom is -0.480 e. The lowest BCUT2D eigenvalue weighted by atomic mass is 10.2. The molecule has 1 aromatic heterocycles. The first kappa shape index (κ1) is 13.8. The second-order valence-corrected chi connectivity index (χ2v) is 5.69. The standard InChI is InChI=1S/C11H15N3O4S/c1-5-6(2)19-10(12-5)13-11(18)14-4-7(15)3-8(14)9(16)17/h7-8,15H,3-4H2,1-2H3,(H,16,17)(H,12,13,18)/t7?,8-/m0/s1. The molecule has 8 heteroatoms. The number of hydrogen-bond acceptors (Lipinski definition) is 5. The molecule has 1 aliphatic rings. The van der Waals surface area contributed by atoms with Crippen LogP contribution in [-0.4, -0.2) is 50.8 Å². The second-order valence-electron chi connectivity index (χ2n) is 4.49. The maximum atomic E-state index is 12.0. The van der Waals surface area contributed by atoms with Crippen LogP contribution in [0.1, 0.15) is 17.0 Å².